The van der Waals surface area contributed by atoms with Gasteiger partial charge in [0.2, 0.25) is 5.76 Å². The first kappa shape index (κ1) is 16.1. The van der Waals surface area contributed by atoms with Gasteiger partial charge in [0.05, 0.1) is 13.2 Å². The number of aromatic carboxylic acids is 1. The van der Waals surface area contributed by atoms with Crippen LogP contribution >= 0.6 is 0 Å². The largest absolute Gasteiger partial charge is 0.497 e. The Hall–Kier alpha value is -2.76. The van der Waals surface area contributed by atoms with Crippen molar-refractivity contribution in [1.29, 1.82) is 0 Å². The van der Waals surface area contributed by atoms with Gasteiger partial charge in [0.25, 0.3) is 5.91 Å². The van der Waals surface area contributed by atoms with Crippen LogP contribution in [0.5, 0.6) is 5.75 Å². The van der Waals surface area contributed by atoms with E-state index in [9.17, 15) is 9.59 Å². The van der Waals surface area contributed by atoms with E-state index in [0.717, 1.165) is 16.9 Å². The van der Waals surface area contributed by atoms with Gasteiger partial charge in [-0.15, -0.1) is 0 Å². The maximum Gasteiger partial charge on any atom is 0.371 e. The fraction of sp³-hybridized carbons (Fsp3) is 0.333. The zero-order chi connectivity index (χ0) is 17.4. The van der Waals surface area contributed by atoms with Crippen LogP contribution in [0.15, 0.2) is 34.7 Å². The molecule has 0 aliphatic carbocycles. The van der Waals surface area contributed by atoms with Gasteiger partial charge in [-0.05, 0) is 55.7 Å². The molecule has 1 aliphatic heterocycles. The molecule has 0 saturated heterocycles. The predicted octanol–water partition coefficient (Wildman–Crippen LogP) is 3.13. The Morgan fingerprint density at radius 1 is 1.21 bits per heavy atom. The van der Waals surface area contributed by atoms with E-state index in [1.54, 1.807) is 12.0 Å². The number of carbonyl (C=O) groups is 2. The molecule has 6 nitrogen and oxygen atoms in total. The lowest BCUT2D eigenvalue weighted by Crippen LogP contribution is -2.44. The molecule has 2 heterocycles. The molecule has 0 bridgehead atoms. The van der Waals surface area contributed by atoms with E-state index >= 15 is 0 Å². The summed E-state index contributed by atoms with van der Waals surface area (Å²) in [5.41, 5.74) is 2.22. The van der Waals surface area contributed by atoms with Gasteiger partial charge < -0.3 is 19.2 Å². The number of fused-ring (bicyclic) bond motifs is 1. The number of carboxylic acids is 1. The molecule has 1 amide bonds. The van der Waals surface area contributed by atoms with E-state index in [1.165, 1.54) is 12.1 Å². The summed E-state index contributed by atoms with van der Waals surface area (Å²) < 4.78 is 10.4. The van der Waals surface area contributed by atoms with Crippen LogP contribution in [0.2, 0.25) is 0 Å². The van der Waals surface area contributed by atoms with Crippen molar-refractivity contribution >= 4 is 11.9 Å². The average molecular weight is 329 g/mol. The molecule has 1 N–H and O–H groups in total. The van der Waals surface area contributed by atoms with Crippen LogP contribution in [-0.2, 0) is 6.42 Å². The molecule has 2 atom stereocenters. The summed E-state index contributed by atoms with van der Waals surface area (Å²) in [5.74, 6) is -0.885. The van der Waals surface area contributed by atoms with Crippen LogP contribution in [0.25, 0.3) is 0 Å². The Kier molecular flexibility index (Phi) is 4.05. The average Bonchev–Trinajstić information content (AvgIpc) is 3.04. The van der Waals surface area contributed by atoms with Gasteiger partial charge >= 0.3 is 5.97 Å². The van der Waals surface area contributed by atoms with E-state index in [0.29, 0.717) is 6.42 Å². The van der Waals surface area contributed by atoms with Gasteiger partial charge in [0.1, 0.15) is 5.75 Å². The van der Waals surface area contributed by atoms with E-state index < -0.39 is 5.97 Å². The van der Waals surface area contributed by atoms with Gasteiger partial charge in [0, 0.05) is 6.04 Å². The maximum atomic E-state index is 12.8. The van der Waals surface area contributed by atoms with Gasteiger partial charge in [-0.2, -0.15) is 0 Å². The first-order chi connectivity index (χ1) is 11.4. The number of rotatable bonds is 3. The van der Waals surface area contributed by atoms with Crippen LogP contribution in [0.4, 0.5) is 0 Å². The van der Waals surface area contributed by atoms with Gasteiger partial charge in [0.15, 0.2) is 5.76 Å². The first-order valence-corrected chi connectivity index (χ1v) is 7.75. The predicted molar refractivity (Wildman–Crippen MR) is 86.4 cm³/mol. The third-order valence-corrected chi connectivity index (χ3v) is 4.47. The highest BCUT2D eigenvalue weighted by molar-refractivity contribution is 5.94. The van der Waals surface area contributed by atoms with Crippen molar-refractivity contribution in [2.45, 2.75) is 32.4 Å². The van der Waals surface area contributed by atoms with Crippen LogP contribution < -0.4 is 4.74 Å². The van der Waals surface area contributed by atoms with Crippen molar-refractivity contribution in [2.24, 2.45) is 0 Å². The molecule has 6 heteroatoms. The van der Waals surface area contributed by atoms with E-state index in [-0.39, 0.29) is 29.5 Å². The first-order valence-electron chi connectivity index (χ1n) is 7.75. The summed E-state index contributed by atoms with van der Waals surface area (Å²) in [6, 6.07) is 8.38. The minimum atomic E-state index is -1.19. The molecule has 24 heavy (non-hydrogen) atoms. The number of carboxylic acid groups (broad SMARTS) is 1. The zero-order valence-electron chi connectivity index (χ0n) is 13.8. The quantitative estimate of drug-likeness (QED) is 0.936. The summed E-state index contributed by atoms with van der Waals surface area (Å²) in [6.07, 6.45) is 0.703. The number of furan rings is 1. The normalized spacial score (nSPS) is 19.7. The Labute approximate surface area is 139 Å². The number of methoxy groups -OCH3 is 1. The Bertz CT molecular complexity index is 794. The third-order valence-electron chi connectivity index (χ3n) is 4.47. The molecule has 3 rings (SSSR count). The highest BCUT2D eigenvalue weighted by Gasteiger charge is 2.34. The monoisotopic (exact) mass is 329 g/mol. The Morgan fingerprint density at radius 2 is 1.92 bits per heavy atom. The second-order valence-corrected chi connectivity index (χ2v) is 5.98. The summed E-state index contributed by atoms with van der Waals surface area (Å²) in [4.78, 5) is 25.5. The smallest absolute Gasteiger partial charge is 0.371 e. The number of amides is 1. The number of carbonyl (C=O) groups excluding carboxylic acids is 1. The molecular weight excluding hydrogens is 310 g/mol. The Morgan fingerprint density at radius 3 is 2.54 bits per heavy atom. The van der Waals surface area contributed by atoms with Crippen LogP contribution in [0.1, 0.15) is 52.1 Å². The third kappa shape index (κ3) is 2.64. The lowest BCUT2D eigenvalue weighted by molar-refractivity contribution is 0.0539. The number of hydrogen-bond donors (Lipinski definition) is 1. The van der Waals surface area contributed by atoms with Crippen molar-refractivity contribution in [2.75, 3.05) is 7.11 Å². The molecule has 0 fully saturated rings. The van der Waals surface area contributed by atoms with Crippen molar-refractivity contribution in [3.63, 3.8) is 0 Å². The number of ether oxygens (including phenoxy) is 1. The van der Waals surface area contributed by atoms with Gasteiger partial charge in [-0.25, -0.2) is 4.79 Å². The second-order valence-electron chi connectivity index (χ2n) is 5.98. The number of benzene rings is 1. The molecule has 2 aromatic rings. The minimum Gasteiger partial charge on any atom is -0.497 e. The van der Waals surface area contributed by atoms with Crippen molar-refractivity contribution in [1.82, 2.24) is 4.90 Å². The van der Waals surface area contributed by atoms with E-state index in [1.807, 2.05) is 32.0 Å². The van der Waals surface area contributed by atoms with Crippen LogP contribution in [0, 0.1) is 0 Å². The summed E-state index contributed by atoms with van der Waals surface area (Å²) >= 11 is 0. The fourth-order valence-electron chi connectivity index (χ4n) is 3.31. The molecular formula is C18H19NO5. The van der Waals surface area contributed by atoms with E-state index in [4.69, 9.17) is 14.3 Å². The summed E-state index contributed by atoms with van der Waals surface area (Å²) in [6.45, 7) is 3.93. The lowest BCUT2D eigenvalue weighted by Gasteiger charge is -2.40. The molecule has 0 unspecified atom stereocenters. The summed E-state index contributed by atoms with van der Waals surface area (Å²) in [5, 5.41) is 8.94. The van der Waals surface area contributed by atoms with Crippen molar-refractivity contribution < 1.29 is 23.8 Å². The van der Waals surface area contributed by atoms with E-state index in [2.05, 4.69) is 0 Å². The standard InChI is InChI=1S/C18H19NO5/c1-10-8-12-9-13(23-3)4-5-14(12)11(2)19(10)17(20)15-6-7-16(24-15)18(21)22/h4-7,9-11H,8H2,1-3H3,(H,21,22)/t10-,11+/m0/s1. The number of hydrogen-bond acceptors (Lipinski definition) is 4. The molecule has 1 aromatic carbocycles. The maximum absolute atomic E-state index is 12.8. The Balaban J connectivity index is 1.92. The van der Waals surface area contributed by atoms with Crippen molar-refractivity contribution in [3.05, 3.63) is 53.0 Å². The molecule has 126 valence electrons. The molecule has 0 spiro atoms. The van der Waals surface area contributed by atoms with Crippen molar-refractivity contribution in [3.8, 4) is 5.75 Å². The highest BCUT2D eigenvalue weighted by Crippen LogP contribution is 2.35. The second kappa shape index (κ2) is 6.03. The molecule has 0 radical (unpaired) electrons. The van der Waals surface area contributed by atoms with Gasteiger partial charge in [-0.1, -0.05) is 6.07 Å². The van der Waals surface area contributed by atoms with Crippen LogP contribution in [-0.4, -0.2) is 35.0 Å². The zero-order valence-corrected chi connectivity index (χ0v) is 13.8. The van der Waals surface area contributed by atoms with Gasteiger partial charge in [-0.3, -0.25) is 4.79 Å². The summed E-state index contributed by atoms with van der Waals surface area (Å²) in [7, 11) is 1.63. The molecule has 1 aromatic heterocycles. The fourth-order valence-corrected chi connectivity index (χ4v) is 3.31. The minimum absolute atomic E-state index is 0.0366. The number of nitrogens with zero attached hydrogens (tertiary/aromatic N) is 1. The topological polar surface area (TPSA) is 80.0 Å². The SMILES string of the molecule is COc1ccc2c(c1)C[C@H](C)N(C(=O)c1ccc(C(=O)O)o1)[C@@H]2C. The lowest BCUT2D eigenvalue weighted by atomic mass is 9.89. The highest BCUT2D eigenvalue weighted by atomic mass is 16.5. The molecule has 0 saturated carbocycles. The molecule has 1 aliphatic rings. The van der Waals surface area contributed by atoms with Crippen LogP contribution in [0.3, 0.4) is 0 Å².